The summed E-state index contributed by atoms with van der Waals surface area (Å²) in [5, 5.41) is 0. The molecule has 0 aliphatic heterocycles. The fourth-order valence-corrected chi connectivity index (χ4v) is 2.92. The summed E-state index contributed by atoms with van der Waals surface area (Å²) in [5.74, 6) is -2.24. The van der Waals surface area contributed by atoms with E-state index < -0.39 is 18.2 Å². The highest BCUT2D eigenvalue weighted by atomic mass is 19.3. The van der Waals surface area contributed by atoms with Crippen molar-refractivity contribution in [1.29, 1.82) is 0 Å². The highest BCUT2D eigenvalue weighted by Crippen LogP contribution is 2.31. The molecule has 0 heterocycles. The zero-order valence-corrected chi connectivity index (χ0v) is 16.0. The SMILES string of the molecule is CCCCCCCCCOc1ccc(-c2ccc(OC(F)F)cc2)c(F)c1F. The van der Waals surface area contributed by atoms with Gasteiger partial charge < -0.3 is 9.47 Å². The van der Waals surface area contributed by atoms with Crippen molar-refractivity contribution in [2.24, 2.45) is 0 Å². The lowest BCUT2D eigenvalue weighted by atomic mass is 10.0. The number of hydrogen-bond donors (Lipinski definition) is 0. The molecular formula is C22H26F4O2. The Balaban J connectivity index is 1.90. The Hall–Kier alpha value is -2.24. The van der Waals surface area contributed by atoms with Crippen LogP contribution in [0.1, 0.15) is 51.9 Å². The molecule has 0 saturated heterocycles. The number of rotatable bonds is 12. The van der Waals surface area contributed by atoms with Crippen molar-refractivity contribution in [2.45, 2.75) is 58.5 Å². The van der Waals surface area contributed by atoms with E-state index >= 15 is 0 Å². The summed E-state index contributed by atoms with van der Waals surface area (Å²) in [6.07, 6.45) is 7.78. The summed E-state index contributed by atoms with van der Waals surface area (Å²) in [7, 11) is 0. The molecule has 0 bridgehead atoms. The first kappa shape index (κ1) is 22.1. The normalized spacial score (nSPS) is 11.1. The third-order valence-corrected chi connectivity index (χ3v) is 4.44. The van der Waals surface area contributed by atoms with Crippen molar-refractivity contribution in [1.82, 2.24) is 0 Å². The van der Waals surface area contributed by atoms with Crippen molar-refractivity contribution in [3.05, 3.63) is 48.0 Å². The number of benzene rings is 2. The lowest BCUT2D eigenvalue weighted by Crippen LogP contribution is -2.02. The molecule has 2 aromatic rings. The smallest absolute Gasteiger partial charge is 0.387 e. The average Bonchev–Trinajstić information content (AvgIpc) is 2.67. The van der Waals surface area contributed by atoms with Crippen LogP contribution in [0.2, 0.25) is 0 Å². The lowest BCUT2D eigenvalue weighted by molar-refractivity contribution is -0.0498. The highest BCUT2D eigenvalue weighted by Gasteiger charge is 2.16. The molecule has 0 unspecified atom stereocenters. The molecule has 2 nitrogen and oxygen atoms in total. The third-order valence-electron chi connectivity index (χ3n) is 4.44. The number of halogens is 4. The Morgan fingerprint density at radius 2 is 1.43 bits per heavy atom. The molecule has 0 N–H and O–H groups in total. The molecule has 0 fully saturated rings. The molecule has 0 atom stereocenters. The highest BCUT2D eigenvalue weighted by molar-refractivity contribution is 5.66. The van der Waals surface area contributed by atoms with Crippen molar-refractivity contribution < 1.29 is 27.0 Å². The van der Waals surface area contributed by atoms with Crippen LogP contribution in [0.25, 0.3) is 11.1 Å². The van der Waals surface area contributed by atoms with Gasteiger partial charge in [0.05, 0.1) is 6.61 Å². The van der Waals surface area contributed by atoms with Crippen LogP contribution in [-0.2, 0) is 0 Å². The van der Waals surface area contributed by atoms with E-state index in [1.54, 1.807) is 0 Å². The van der Waals surface area contributed by atoms with Crippen molar-refractivity contribution in [3.8, 4) is 22.6 Å². The second-order valence-corrected chi connectivity index (χ2v) is 6.61. The standard InChI is InChI=1S/C22H26F4O2/c1-2-3-4-5-6-7-8-15-27-19-14-13-18(20(23)21(19)24)16-9-11-17(12-10-16)28-22(25)26/h9-14,22H,2-8,15H2,1H3. The van der Waals surface area contributed by atoms with Gasteiger partial charge in [0.2, 0.25) is 5.82 Å². The molecule has 0 aromatic heterocycles. The van der Waals surface area contributed by atoms with E-state index in [-0.39, 0.29) is 17.1 Å². The third kappa shape index (κ3) is 6.73. The Kier molecular flexibility index (Phi) is 9.11. The molecule has 0 radical (unpaired) electrons. The lowest BCUT2D eigenvalue weighted by Gasteiger charge is -2.11. The molecule has 0 aliphatic carbocycles. The minimum atomic E-state index is -2.94. The van der Waals surface area contributed by atoms with E-state index in [0.29, 0.717) is 12.2 Å². The summed E-state index contributed by atoms with van der Waals surface area (Å²) in [6, 6.07) is 8.16. The fourth-order valence-electron chi connectivity index (χ4n) is 2.92. The molecule has 6 heteroatoms. The molecule has 0 aliphatic rings. The minimum Gasteiger partial charge on any atom is -0.490 e. The van der Waals surface area contributed by atoms with Gasteiger partial charge in [-0.2, -0.15) is 13.2 Å². The summed E-state index contributed by atoms with van der Waals surface area (Å²) >= 11 is 0. The largest absolute Gasteiger partial charge is 0.490 e. The Morgan fingerprint density at radius 3 is 2.07 bits per heavy atom. The number of alkyl halides is 2. The zero-order valence-electron chi connectivity index (χ0n) is 16.0. The molecule has 0 saturated carbocycles. The summed E-state index contributed by atoms with van der Waals surface area (Å²) in [5.41, 5.74) is 0.390. The van der Waals surface area contributed by atoms with Gasteiger partial charge in [0.1, 0.15) is 5.75 Å². The van der Waals surface area contributed by atoms with Crippen molar-refractivity contribution in [3.63, 3.8) is 0 Å². The summed E-state index contributed by atoms with van der Waals surface area (Å²) in [6.45, 7) is -0.430. The van der Waals surface area contributed by atoms with Crippen LogP contribution >= 0.6 is 0 Å². The molecule has 0 amide bonds. The molecule has 2 aromatic carbocycles. The van der Waals surface area contributed by atoms with Crippen molar-refractivity contribution in [2.75, 3.05) is 6.61 Å². The number of ether oxygens (including phenoxy) is 2. The maximum absolute atomic E-state index is 14.4. The molecule has 2 rings (SSSR count). The Bertz CT molecular complexity index is 717. The predicted octanol–water partition coefficient (Wildman–Crippen LogP) is 7.36. The fraction of sp³-hybridized carbons (Fsp3) is 0.455. The van der Waals surface area contributed by atoms with Crippen LogP contribution in [0, 0.1) is 11.6 Å². The number of hydrogen-bond acceptors (Lipinski definition) is 2. The van der Waals surface area contributed by atoms with E-state index in [9.17, 15) is 17.6 Å². The van der Waals surface area contributed by atoms with E-state index in [2.05, 4.69) is 11.7 Å². The first-order valence-corrected chi connectivity index (χ1v) is 9.69. The molecule has 154 valence electrons. The van der Waals surface area contributed by atoms with Gasteiger partial charge in [-0.15, -0.1) is 0 Å². The zero-order chi connectivity index (χ0) is 20.4. The first-order chi connectivity index (χ1) is 13.5. The molecule has 0 spiro atoms. The van der Waals surface area contributed by atoms with Gasteiger partial charge in [-0.1, -0.05) is 57.6 Å². The van der Waals surface area contributed by atoms with Crippen LogP contribution in [0.4, 0.5) is 17.6 Å². The van der Waals surface area contributed by atoms with Gasteiger partial charge in [0.15, 0.2) is 11.6 Å². The summed E-state index contributed by atoms with van der Waals surface area (Å²) < 4.78 is 62.7. The van der Waals surface area contributed by atoms with Crippen LogP contribution in [0.5, 0.6) is 11.5 Å². The van der Waals surface area contributed by atoms with Crippen LogP contribution in [0.3, 0.4) is 0 Å². The van der Waals surface area contributed by atoms with Gasteiger partial charge >= 0.3 is 6.61 Å². The monoisotopic (exact) mass is 398 g/mol. The van der Waals surface area contributed by atoms with Gasteiger partial charge in [-0.3, -0.25) is 0 Å². The average molecular weight is 398 g/mol. The van der Waals surface area contributed by atoms with E-state index in [1.807, 2.05) is 0 Å². The topological polar surface area (TPSA) is 18.5 Å². The second kappa shape index (κ2) is 11.6. The Morgan fingerprint density at radius 1 is 0.786 bits per heavy atom. The van der Waals surface area contributed by atoms with Gasteiger partial charge in [-0.05, 0) is 36.2 Å². The van der Waals surface area contributed by atoms with Gasteiger partial charge in [-0.25, -0.2) is 4.39 Å². The predicted molar refractivity (Wildman–Crippen MR) is 102 cm³/mol. The van der Waals surface area contributed by atoms with Crippen LogP contribution in [0.15, 0.2) is 36.4 Å². The van der Waals surface area contributed by atoms with Crippen molar-refractivity contribution >= 4 is 0 Å². The van der Waals surface area contributed by atoms with Crippen LogP contribution in [-0.4, -0.2) is 13.2 Å². The van der Waals surface area contributed by atoms with Gasteiger partial charge in [0.25, 0.3) is 0 Å². The molecule has 28 heavy (non-hydrogen) atoms. The van der Waals surface area contributed by atoms with E-state index in [1.165, 1.54) is 62.1 Å². The second-order valence-electron chi connectivity index (χ2n) is 6.61. The maximum Gasteiger partial charge on any atom is 0.387 e. The van der Waals surface area contributed by atoms with E-state index in [0.717, 1.165) is 19.3 Å². The van der Waals surface area contributed by atoms with E-state index in [4.69, 9.17) is 4.74 Å². The first-order valence-electron chi connectivity index (χ1n) is 9.69. The quantitative estimate of drug-likeness (QED) is 0.275. The number of unbranched alkanes of at least 4 members (excludes halogenated alkanes) is 6. The van der Waals surface area contributed by atoms with Crippen LogP contribution < -0.4 is 9.47 Å². The summed E-state index contributed by atoms with van der Waals surface area (Å²) in [4.78, 5) is 0. The molecular weight excluding hydrogens is 372 g/mol. The minimum absolute atomic E-state index is 0.0318. The van der Waals surface area contributed by atoms with Gasteiger partial charge in [0, 0.05) is 5.56 Å². The Labute approximate surface area is 163 Å². The maximum atomic E-state index is 14.4.